The minimum atomic E-state index is 0.139. The van der Waals surface area contributed by atoms with E-state index >= 15 is 0 Å². The zero-order valence-corrected chi connectivity index (χ0v) is 17.6. The number of fused-ring (bicyclic) bond motifs is 6. The summed E-state index contributed by atoms with van der Waals surface area (Å²) >= 11 is 0. The molecule has 0 radical (unpaired) electrons. The van der Waals surface area contributed by atoms with Crippen LogP contribution in [0.4, 0.5) is 0 Å². The number of hydrogen-bond acceptors (Lipinski definition) is 0. The molecule has 5 aromatic carbocycles. The molecule has 0 aliphatic heterocycles. The molecule has 5 aromatic rings. The summed E-state index contributed by atoms with van der Waals surface area (Å²) in [6.07, 6.45) is 0. The van der Waals surface area contributed by atoms with Gasteiger partial charge in [-0.3, -0.25) is 0 Å². The van der Waals surface area contributed by atoms with Gasteiger partial charge in [-0.25, -0.2) is 0 Å². The number of rotatable bonds is 1. The first-order valence-electron chi connectivity index (χ1n) is 10.4. The van der Waals surface area contributed by atoms with Crippen LogP contribution in [-0.4, -0.2) is 0 Å². The van der Waals surface area contributed by atoms with Crippen molar-refractivity contribution in [3.63, 3.8) is 0 Å². The largest absolute Gasteiger partial charge is 0.0616 e. The molecule has 0 aromatic heterocycles. The van der Waals surface area contributed by atoms with E-state index in [-0.39, 0.29) is 5.41 Å². The van der Waals surface area contributed by atoms with Gasteiger partial charge in [0.1, 0.15) is 0 Å². The molecule has 5 rings (SSSR count). The van der Waals surface area contributed by atoms with Crippen LogP contribution in [0.2, 0.25) is 0 Å². The van der Waals surface area contributed by atoms with Crippen LogP contribution in [0.15, 0.2) is 84.9 Å². The van der Waals surface area contributed by atoms with Gasteiger partial charge in [0.15, 0.2) is 0 Å². The minimum absolute atomic E-state index is 0.139. The van der Waals surface area contributed by atoms with Gasteiger partial charge in [-0.1, -0.05) is 105 Å². The average Bonchev–Trinajstić information content (AvgIpc) is 2.72. The highest BCUT2D eigenvalue weighted by Crippen LogP contribution is 2.37. The van der Waals surface area contributed by atoms with E-state index in [0.717, 1.165) is 0 Å². The van der Waals surface area contributed by atoms with Crippen molar-refractivity contribution in [2.75, 3.05) is 0 Å². The lowest BCUT2D eigenvalue weighted by molar-refractivity contribution is 0.590. The van der Waals surface area contributed by atoms with Crippen molar-refractivity contribution < 1.29 is 0 Å². The molecule has 0 nitrogen and oxygen atoms in total. The maximum atomic E-state index is 2.38. The van der Waals surface area contributed by atoms with Crippen molar-refractivity contribution >= 4 is 32.3 Å². The van der Waals surface area contributed by atoms with Gasteiger partial charge in [0.25, 0.3) is 0 Å². The predicted octanol–water partition coefficient (Wildman–Crippen LogP) is 8.42. The van der Waals surface area contributed by atoms with Gasteiger partial charge in [0.2, 0.25) is 0 Å². The summed E-state index contributed by atoms with van der Waals surface area (Å²) in [5.41, 5.74) is 5.42. The normalized spacial score (nSPS) is 12.1. The summed E-state index contributed by atoms with van der Waals surface area (Å²) < 4.78 is 0. The monoisotopic (exact) mass is 374 g/mol. The molecule has 29 heavy (non-hydrogen) atoms. The Morgan fingerprint density at radius 1 is 0.483 bits per heavy atom. The van der Waals surface area contributed by atoms with E-state index in [1.165, 1.54) is 54.6 Å². The van der Waals surface area contributed by atoms with E-state index in [1.807, 2.05) is 0 Å². The van der Waals surface area contributed by atoms with Gasteiger partial charge >= 0.3 is 0 Å². The van der Waals surface area contributed by atoms with Gasteiger partial charge in [-0.05, 0) is 67.4 Å². The van der Waals surface area contributed by atoms with Crippen molar-refractivity contribution in [2.45, 2.75) is 33.1 Å². The minimum Gasteiger partial charge on any atom is -0.0616 e. The summed E-state index contributed by atoms with van der Waals surface area (Å²) in [4.78, 5) is 0. The Morgan fingerprint density at radius 2 is 1.00 bits per heavy atom. The molecule has 0 N–H and O–H groups in total. The molecule has 0 saturated carbocycles. The Bertz CT molecular complexity index is 1350. The summed E-state index contributed by atoms with van der Waals surface area (Å²) in [5.74, 6) is 0. The summed E-state index contributed by atoms with van der Waals surface area (Å²) in [7, 11) is 0. The van der Waals surface area contributed by atoms with E-state index in [1.54, 1.807) is 0 Å². The highest BCUT2D eigenvalue weighted by atomic mass is 14.2. The maximum absolute atomic E-state index is 2.38. The fourth-order valence-electron chi connectivity index (χ4n) is 4.47. The molecule has 0 saturated heterocycles. The van der Waals surface area contributed by atoms with Crippen LogP contribution in [-0.2, 0) is 5.41 Å². The number of aryl methyl sites for hydroxylation is 1. The fraction of sp³-hybridized carbons (Fsp3) is 0.172. The van der Waals surface area contributed by atoms with E-state index in [4.69, 9.17) is 0 Å². The molecular weight excluding hydrogens is 348 g/mol. The molecule has 0 spiro atoms. The zero-order valence-electron chi connectivity index (χ0n) is 17.6. The van der Waals surface area contributed by atoms with Crippen molar-refractivity contribution in [3.8, 4) is 11.1 Å². The maximum Gasteiger partial charge on any atom is -0.00928 e. The summed E-state index contributed by atoms with van der Waals surface area (Å²) in [5, 5.41) is 7.96. The molecule has 0 heterocycles. The Hall–Kier alpha value is -3.12. The number of benzene rings is 5. The predicted molar refractivity (Wildman–Crippen MR) is 128 cm³/mol. The van der Waals surface area contributed by atoms with Gasteiger partial charge < -0.3 is 0 Å². The smallest absolute Gasteiger partial charge is 0.00928 e. The topological polar surface area (TPSA) is 0 Å². The van der Waals surface area contributed by atoms with Gasteiger partial charge in [-0.15, -0.1) is 0 Å². The van der Waals surface area contributed by atoms with Gasteiger partial charge in [-0.2, -0.15) is 0 Å². The Morgan fingerprint density at radius 3 is 1.55 bits per heavy atom. The molecule has 0 aliphatic rings. The standard InChI is InChI=1S/C29H26/c1-19-15-21(17-22(16-19)29(2,3)4)20-13-14-27-25-11-6-5-9-23(25)24-10-7-8-12-26(24)28(27)18-20/h5-18H,1-4H3. The van der Waals surface area contributed by atoms with Crippen LogP contribution in [0, 0.1) is 6.92 Å². The van der Waals surface area contributed by atoms with Crippen LogP contribution >= 0.6 is 0 Å². The average molecular weight is 375 g/mol. The van der Waals surface area contributed by atoms with E-state index in [9.17, 15) is 0 Å². The Kier molecular flexibility index (Phi) is 3.99. The summed E-state index contributed by atoms with van der Waals surface area (Å²) in [6.45, 7) is 9.05. The second-order valence-electron chi connectivity index (χ2n) is 9.19. The Labute approximate surface area is 172 Å². The van der Waals surface area contributed by atoms with Gasteiger partial charge in [0.05, 0.1) is 0 Å². The SMILES string of the molecule is Cc1cc(-c2ccc3c4ccccc4c4ccccc4c3c2)cc(C(C)(C)C)c1. The van der Waals surface area contributed by atoms with E-state index < -0.39 is 0 Å². The zero-order chi connectivity index (χ0) is 20.2. The third-order valence-electron chi connectivity index (χ3n) is 6.02. The van der Waals surface area contributed by atoms with Gasteiger partial charge in [0, 0.05) is 0 Å². The molecule has 0 unspecified atom stereocenters. The van der Waals surface area contributed by atoms with E-state index in [0.29, 0.717) is 0 Å². The van der Waals surface area contributed by atoms with Crippen LogP contribution in [0.5, 0.6) is 0 Å². The van der Waals surface area contributed by atoms with Crippen LogP contribution in [0.3, 0.4) is 0 Å². The second-order valence-corrected chi connectivity index (χ2v) is 9.19. The lowest BCUT2D eigenvalue weighted by atomic mass is 9.84. The van der Waals surface area contributed by atoms with E-state index in [2.05, 4.69) is 113 Å². The first-order chi connectivity index (χ1) is 13.9. The molecular formula is C29H26. The van der Waals surface area contributed by atoms with Crippen molar-refractivity contribution in [2.24, 2.45) is 0 Å². The van der Waals surface area contributed by atoms with Crippen molar-refractivity contribution in [1.29, 1.82) is 0 Å². The number of hydrogen-bond donors (Lipinski definition) is 0. The second kappa shape index (κ2) is 6.46. The first-order valence-corrected chi connectivity index (χ1v) is 10.4. The third kappa shape index (κ3) is 3.00. The highest BCUT2D eigenvalue weighted by molar-refractivity contribution is 6.25. The molecule has 0 aliphatic carbocycles. The summed E-state index contributed by atoms with van der Waals surface area (Å²) in [6, 6.07) is 31.5. The fourth-order valence-corrected chi connectivity index (χ4v) is 4.47. The quantitative estimate of drug-likeness (QED) is 0.258. The first kappa shape index (κ1) is 17.9. The lowest BCUT2D eigenvalue weighted by Gasteiger charge is -2.21. The molecule has 142 valence electrons. The molecule has 0 heteroatoms. The highest BCUT2D eigenvalue weighted by Gasteiger charge is 2.16. The molecule has 0 atom stereocenters. The van der Waals surface area contributed by atoms with Crippen LogP contribution in [0.25, 0.3) is 43.4 Å². The molecule has 0 amide bonds. The van der Waals surface area contributed by atoms with Crippen molar-refractivity contribution in [3.05, 3.63) is 96.1 Å². The lowest BCUT2D eigenvalue weighted by Crippen LogP contribution is -2.11. The Balaban J connectivity index is 1.84. The molecule has 0 bridgehead atoms. The molecule has 0 fully saturated rings. The third-order valence-corrected chi connectivity index (χ3v) is 6.02. The van der Waals surface area contributed by atoms with Crippen LogP contribution < -0.4 is 0 Å². The van der Waals surface area contributed by atoms with Crippen molar-refractivity contribution in [1.82, 2.24) is 0 Å². The van der Waals surface area contributed by atoms with Crippen LogP contribution in [0.1, 0.15) is 31.9 Å².